The summed E-state index contributed by atoms with van der Waals surface area (Å²) in [4.78, 5) is 0. The Morgan fingerprint density at radius 2 is 1.22 bits per heavy atom. The van der Waals surface area contributed by atoms with Gasteiger partial charge in [0.05, 0.1) is 13.2 Å². The Kier molecular flexibility index (Phi) is 6.27. The van der Waals surface area contributed by atoms with E-state index in [1.807, 2.05) is 0 Å². The summed E-state index contributed by atoms with van der Waals surface area (Å²) >= 11 is 0. The summed E-state index contributed by atoms with van der Waals surface area (Å²) in [6.45, 7) is -1.34. The molecule has 2 heterocycles. The van der Waals surface area contributed by atoms with Gasteiger partial charge in [0.15, 0.2) is 12.6 Å². The minimum atomic E-state index is -1.76. The van der Waals surface area contributed by atoms with Crippen molar-refractivity contribution in [1.29, 1.82) is 0 Å². The lowest BCUT2D eigenvalue weighted by Crippen LogP contribution is -2.64. The molecule has 0 radical (unpaired) electrons. The van der Waals surface area contributed by atoms with E-state index in [0.717, 1.165) is 0 Å². The summed E-state index contributed by atoms with van der Waals surface area (Å²) in [5, 5.41) is 76.8. The van der Waals surface area contributed by atoms with Gasteiger partial charge in [-0.3, -0.25) is 0 Å². The highest BCUT2D eigenvalue weighted by Crippen LogP contribution is 2.28. The molecule has 11 nitrogen and oxygen atoms in total. The molecule has 0 saturated carbocycles. The number of hydrogen-bond acceptors (Lipinski definition) is 11. The number of rotatable bonds is 4. The third-order valence-electron chi connectivity index (χ3n) is 3.98. The van der Waals surface area contributed by atoms with Crippen molar-refractivity contribution in [2.75, 3.05) is 13.2 Å². The molecule has 1 unspecified atom stereocenters. The number of aliphatic hydroxyl groups excluding tert-OH is 8. The second-order valence-electron chi connectivity index (χ2n) is 5.53. The van der Waals surface area contributed by atoms with E-state index >= 15 is 0 Å². The molecular weight excluding hydrogens is 320 g/mol. The Morgan fingerprint density at radius 1 is 0.652 bits per heavy atom. The fourth-order valence-corrected chi connectivity index (χ4v) is 2.56. The zero-order valence-corrected chi connectivity index (χ0v) is 12.0. The van der Waals surface area contributed by atoms with Crippen molar-refractivity contribution in [3.63, 3.8) is 0 Å². The maximum absolute atomic E-state index is 10.00. The summed E-state index contributed by atoms with van der Waals surface area (Å²) in [7, 11) is 0. The van der Waals surface area contributed by atoms with Gasteiger partial charge in [0.2, 0.25) is 0 Å². The lowest BCUT2D eigenvalue weighted by Gasteiger charge is -2.45. The van der Waals surface area contributed by atoms with E-state index in [4.69, 9.17) is 24.4 Å². The third kappa shape index (κ3) is 3.65. The van der Waals surface area contributed by atoms with Crippen LogP contribution in [0.1, 0.15) is 0 Å². The van der Waals surface area contributed by atoms with Gasteiger partial charge in [0, 0.05) is 0 Å². The molecule has 0 bridgehead atoms. The predicted octanol–water partition coefficient (Wildman–Crippen LogP) is -5.40. The normalized spacial score (nSPS) is 51.7. The second kappa shape index (κ2) is 7.63. The van der Waals surface area contributed by atoms with E-state index in [2.05, 4.69) is 0 Å². The van der Waals surface area contributed by atoms with Crippen LogP contribution in [0.2, 0.25) is 0 Å². The monoisotopic (exact) mass is 342 g/mol. The van der Waals surface area contributed by atoms with Gasteiger partial charge in [-0.2, -0.15) is 0 Å². The summed E-state index contributed by atoms with van der Waals surface area (Å²) in [6.07, 6.45) is -15.7. The van der Waals surface area contributed by atoms with Gasteiger partial charge in [0.1, 0.15) is 48.8 Å². The SMILES string of the molecule is OC[C@H]1OC(O)[C@H](O)[C@H](O[C@@H]2O[C@H](CO)[C@@H](O)[C@H](O)[C@H]2O)[C@H]1O. The van der Waals surface area contributed by atoms with Crippen LogP contribution in [0.4, 0.5) is 0 Å². The lowest BCUT2D eigenvalue weighted by atomic mass is 9.97. The minimum absolute atomic E-state index is 0.667. The van der Waals surface area contributed by atoms with Crippen LogP contribution in [0.15, 0.2) is 0 Å². The quantitative estimate of drug-likeness (QED) is 0.243. The molecule has 2 rings (SSSR count). The molecule has 0 aromatic heterocycles. The molecule has 0 aromatic carbocycles. The van der Waals surface area contributed by atoms with Crippen molar-refractivity contribution >= 4 is 0 Å². The Labute approximate surface area is 130 Å². The molecule has 0 amide bonds. The van der Waals surface area contributed by atoms with Gasteiger partial charge >= 0.3 is 0 Å². The van der Waals surface area contributed by atoms with Crippen molar-refractivity contribution in [1.82, 2.24) is 0 Å². The molecule has 136 valence electrons. The van der Waals surface area contributed by atoms with E-state index in [-0.39, 0.29) is 0 Å². The van der Waals surface area contributed by atoms with Crippen molar-refractivity contribution in [3.05, 3.63) is 0 Å². The lowest BCUT2D eigenvalue weighted by molar-refractivity contribution is -0.355. The van der Waals surface area contributed by atoms with E-state index in [1.165, 1.54) is 0 Å². The van der Waals surface area contributed by atoms with Crippen LogP contribution in [-0.4, -0.2) is 115 Å². The minimum Gasteiger partial charge on any atom is -0.394 e. The molecule has 0 aliphatic carbocycles. The standard InChI is InChI=1S/C12H22O11/c13-1-3-5(15)7(17)8(18)12(22-3)23-10-6(16)4(2-14)21-11(20)9(10)19/h3-20H,1-2H2/t3-,4-,5-,6+,7+,8-,9-,10-,11?,12+/m1/s1. The zero-order chi connectivity index (χ0) is 17.3. The fraction of sp³-hybridized carbons (Fsp3) is 1.00. The van der Waals surface area contributed by atoms with Gasteiger partial charge < -0.3 is 55.1 Å². The molecule has 2 saturated heterocycles. The topological polar surface area (TPSA) is 190 Å². The van der Waals surface area contributed by atoms with Crippen LogP contribution in [0.25, 0.3) is 0 Å². The number of ether oxygens (including phenoxy) is 3. The van der Waals surface area contributed by atoms with Crippen LogP contribution < -0.4 is 0 Å². The van der Waals surface area contributed by atoms with E-state index in [9.17, 15) is 30.6 Å². The molecule has 2 aliphatic heterocycles. The molecule has 0 aromatic rings. The van der Waals surface area contributed by atoms with Crippen LogP contribution in [0.5, 0.6) is 0 Å². The van der Waals surface area contributed by atoms with E-state index in [1.54, 1.807) is 0 Å². The highest BCUT2D eigenvalue weighted by molar-refractivity contribution is 4.93. The molecule has 10 atom stereocenters. The van der Waals surface area contributed by atoms with Crippen molar-refractivity contribution < 1.29 is 55.1 Å². The van der Waals surface area contributed by atoms with Crippen molar-refractivity contribution in [2.45, 2.75) is 61.4 Å². The Hall–Kier alpha value is -0.440. The first-order chi connectivity index (χ1) is 10.8. The average Bonchev–Trinajstić information content (AvgIpc) is 2.54. The number of aliphatic hydroxyl groups is 8. The largest absolute Gasteiger partial charge is 0.394 e. The third-order valence-corrected chi connectivity index (χ3v) is 3.98. The van der Waals surface area contributed by atoms with Crippen LogP contribution in [0, 0.1) is 0 Å². The zero-order valence-electron chi connectivity index (χ0n) is 12.0. The van der Waals surface area contributed by atoms with Crippen LogP contribution in [0.3, 0.4) is 0 Å². The van der Waals surface area contributed by atoms with Crippen molar-refractivity contribution in [3.8, 4) is 0 Å². The predicted molar refractivity (Wildman–Crippen MR) is 68.6 cm³/mol. The summed E-state index contributed by atoms with van der Waals surface area (Å²) in [6, 6.07) is 0. The van der Waals surface area contributed by atoms with Gasteiger partial charge in [0.25, 0.3) is 0 Å². The van der Waals surface area contributed by atoms with Crippen LogP contribution in [-0.2, 0) is 14.2 Å². The summed E-state index contributed by atoms with van der Waals surface area (Å²) in [5.74, 6) is 0. The first kappa shape index (κ1) is 18.9. The summed E-state index contributed by atoms with van der Waals surface area (Å²) < 4.78 is 15.1. The molecule has 0 spiro atoms. The van der Waals surface area contributed by atoms with Crippen molar-refractivity contribution in [2.24, 2.45) is 0 Å². The molecule has 2 fully saturated rings. The average molecular weight is 342 g/mol. The molecule has 2 aliphatic rings. The van der Waals surface area contributed by atoms with Gasteiger partial charge in [-0.05, 0) is 0 Å². The Balaban J connectivity index is 2.11. The maximum atomic E-state index is 10.00. The van der Waals surface area contributed by atoms with Gasteiger partial charge in [-0.25, -0.2) is 0 Å². The van der Waals surface area contributed by atoms with Gasteiger partial charge in [-0.15, -0.1) is 0 Å². The Bertz CT molecular complexity index is 380. The molecule has 8 N–H and O–H groups in total. The number of hydrogen-bond donors (Lipinski definition) is 8. The molecular formula is C12H22O11. The Morgan fingerprint density at radius 3 is 1.78 bits per heavy atom. The molecule has 23 heavy (non-hydrogen) atoms. The highest BCUT2D eigenvalue weighted by atomic mass is 16.7. The maximum Gasteiger partial charge on any atom is 0.187 e. The van der Waals surface area contributed by atoms with Gasteiger partial charge in [-0.1, -0.05) is 0 Å². The van der Waals surface area contributed by atoms with E-state index in [0.29, 0.717) is 0 Å². The van der Waals surface area contributed by atoms with Crippen LogP contribution >= 0.6 is 0 Å². The summed E-state index contributed by atoms with van der Waals surface area (Å²) in [5.41, 5.74) is 0. The second-order valence-corrected chi connectivity index (χ2v) is 5.53. The molecule has 11 heteroatoms. The highest BCUT2D eigenvalue weighted by Gasteiger charge is 2.50. The first-order valence-electron chi connectivity index (χ1n) is 7.08. The van der Waals surface area contributed by atoms with E-state index < -0.39 is 74.6 Å². The smallest absolute Gasteiger partial charge is 0.187 e. The fourth-order valence-electron chi connectivity index (χ4n) is 2.56. The first-order valence-corrected chi connectivity index (χ1v) is 7.08.